The lowest BCUT2D eigenvalue weighted by molar-refractivity contribution is -0.158. The molecule has 2 rings (SSSR count). The molecule has 0 heterocycles. The van der Waals surface area contributed by atoms with Crippen LogP contribution in [0.15, 0.2) is 42.5 Å². The molecule has 0 spiro atoms. The Morgan fingerprint density at radius 2 is 1.62 bits per heavy atom. The van der Waals surface area contributed by atoms with Gasteiger partial charge in [-0.3, -0.25) is 4.79 Å². The molecule has 24 heavy (non-hydrogen) atoms. The molecule has 128 valence electrons. The van der Waals surface area contributed by atoms with Crippen molar-refractivity contribution < 1.29 is 14.3 Å². The van der Waals surface area contributed by atoms with E-state index in [1.54, 1.807) is 6.07 Å². The third kappa shape index (κ3) is 4.34. The van der Waals surface area contributed by atoms with Gasteiger partial charge in [0.05, 0.1) is 0 Å². The van der Waals surface area contributed by atoms with Crippen LogP contribution in [0.25, 0.3) is 10.8 Å². The molecule has 0 bridgehead atoms. The molecule has 0 aliphatic heterocycles. The maximum Gasteiger partial charge on any atom is 0.329 e. The minimum Gasteiger partial charge on any atom is -0.458 e. The van der Waals surface area contributed by atoms with E-state index in [4.69, 9.17) is 4.74 Å². The van der Waals surface area contributed by atoms with Crippen molar-refractivity contribution in [1.29, 1.82) is 0 Å². The second-order valence-electron chi connectivity index (χ2n) is 7.26. The molecule has 2 aromatic rings. The van der Waals surface area contributed by atoms with Gasteiger partial charge >= 0.3 is 5.97 Å². The van der Waals surface area contributed by atoms with Gasteiger partial charge in [-0.15, -0.1) is 0 Å². The average Bonchev–Trinajstić information content (AvgIpc) is 2.49. The van der Waals surface area contributed by atoms with Crippen molar-refractivity contribution in [2.24, 2.45) is 5.92 Å². The fourth-order valence-electron chi connectivity index (χ4n) is 2.51. The Balaban J connectivity index is 2.26. The van der Waals surface area contributed by atoms with Gasteiger partial charge in [-0.2, -0.15) is 0 Å². The smallest absolute Gasteiger partial charge is 0.329 e. The van der Waals surface area contributed by atoms with Crippen LogP contribution < -0.4 is 5.32 Å². The van der Waals surface area contributed by atoms with Crippen molar-refractivity contribution >= 4 is 22.6 Å². The van der Waals surface area contributed by atoms with E-state index < -0.39 is 17.6 Å². The summed E-state index contributed by atoms with van der Waals surface area (Å²) in [5.41, 5.74) is -0.0312. The topological polar surface area (TPSA) is 55.4 Å². The standard InChI is InChI=1S/C20H25NO3/c1-13(2)17(19(23)24-20(3,4)5)21-18(22)16-12-8-10-14-9-6-7-11-15(14)16/h6-13,17H,1-5H3,(H,21,22)/t17-/m1/s1. The highest BCUT2D eigenvalue weighted by Crippen LogP contribution is 2.19. The summed E-state index contributed by atoms with van der Waals surface area (Å²) in [4.78, 5) is 25.1. The first kappa shape index (κ1) is 18.0. The first-order valence-corrected chi connectivity index (χ1v) is 8.20. The Bertz CT molecular complexity index is 739. The molecule has 0 saturated heterocycles. The largest absolute Gasteiger partial charge is 0.458 e. The lowest BCUT2D eigenvalue weighted by Crippen LogP contribution is -2.47. The van der Waals surface area contributed by atoms with Crippen LogP contribution in [-0.4, -0.2) is 23.5 Å². The fraction of sp³-hybridized carbons (Fsp3) is 0.400. The van der Waals surface area contributed by atoms with Gasteiger partial charge in [-0.1, -0.05) is 50.2 Å². The average molecular weight is 327 g/mol. The van der Waals surface area contributed by atoms with Crippen LogP contribution >= 0.6 is 0 Å². The van der Waals surface area contributed by atoms with Gasteiger partial charge in [0.2, 0.25) is 0 Å². The van der Waals surface area contributed by atoms with Crippen LogP contribution in [0.3, 0.4) is 0 Å². The van der Waals surface area contributed by atoms with E-state index in [1.165, 1.54) is 0 Å². The van der Waals surface area contributed by atoms with Crippen molar-refractivity contribution in [3.8, 4) is 0 Å². The summed E-state index contributed by atoms with van der Waals surface area (Å²) in [5.74, 6) is -0.749. The number of hydrogen-bond acceptors (Lipinski definition) is 3. The highest BCUT2D eigenvalue weighted by Gasteiger charge is 2.29. The quantitative estimate of drug-likeness (QED) is 0.866. The van der Waals surface area contributed by atoms with Gasteiger partial charge in [0.25, 0.3) is 5.91 Å². The Hall–Kier alpha value is -2.36. The van der Waals surface area contributed by atoms with E-state index in [0.717, 1.165) is 10.8 Å². The number of rotatable bonds is 4. The number of amides is 1. The van der Waals surface area contributed by atoms with Crippen LogP contribution in [0.5, 0.6) is 0 Å². The molecule has 0 radical (unpaired) electrons. The molecule has 0 saturated carbocycles. The second-order valence-corrected chi connectivity index (χ2v) is 7.26. The maximum absolute atomic E-state index is 12.7. The molecule has 1 atom stereocenters. The minimum absolute atomic E-state index is 0.0706. The van der Waals surface area contributed by atoms with E-state index in [9.17, 15) is 9.59 Å². The molecular formula is C20H25NO3. The van der Waals surface area contributed by atoms with E-state index in [0.29, 0.717) is 5.56 Å². The summed E-state index contributed by atoms with van der Waals surface area (Å²) in [6.07, 6.45) is 0. The Labute approximate surface area is 143 Å². The number of carbonyl (C=O) groups excluding carboxylic acids is 2. The molecule has 0 aromatic heterocycles. The van der Waals surface area contributed by atoms with Gasteiger partial charge < -0.3 is 10.1 Å². The number of esters is 1. The summed E-state index contributed by atoms with van der Waals surface area (Å²) < 4.78 is 5.43. The zero-order chi connectivity index (χ0) is 17.9. The Morgan fingerprint density at radius 1 is 1.00 bits per heavy atom. The molecule has 2 aromatic carbocycles. The zero-order valence-corrected chi connectivity index (χ0v) is 14.9. The number of hydrogen-bond donors (Lipinski definition) is 1. The Morgan fingerprint density at radius 3 is 2.25 bits per heavy atom. The lowest BCUT2D eigenvalue weighted by Gasteiger charge is -2.26. The highest BCUT2D eigenvalue weighted by atomic mass is 16.6. The van der Waals surface area contributed by atoms with Crippen LogP contribution in [0.2, 0.25) is 0 Å². The zero-order valence-electron chi connectivity index (χ0n) is 14.9. The maximum atomic E-state index is 12.7. The number of fused-ring (bicyclic) bond motifs is 1. The molecule has 0 unspecified atom stereocenters. The van der Waals surface area contributed by atoms with Gasteiger partial charge in [-0.05, 0) is 43.5 Å². The summed E-state index contributed by atoms with van der Waals surface area (Å²) >= 11 is 0. The highest BCUT2D eigenvalue weighted by molar-refractivity contribution is 6.08. The molecule has 0 aliphatic carbocycles. The molecule has 1 N–H and O–H groups in total. The third-order valence-electron chi connectivity index (χ3n) is 3.65. The predicted octanol–water partition coefficient (Wildman–Crippen LogP) is 3.94. The summed E-state index contributed by atoms with van der Waals surface area (Å²) in [6.45, 7) is 9.22. The molecule has 4 heteroatoms. The number of benzene rings is 2. The summed E-state index contributed by atoms with van der Waals surface area (Å²) in [7, 11) is 0. The Kier molecular flexibility index (Phi) is 5.27. The van der Waals surface area contributed by atoms with E-state index >= 15 is 0 Å². The minimum atomic E-state index is -0.685. The lowest BCUT2D eigenvalue weighted by atomic mass is 10.0. The molecule has 0 fully saturated rings. The van der Waals surface area contributed by atoms with Crippen molar-refractivity contribution in [3.63, 3.8) is 0 Å². The first-order chi connectivity index (χ1) is 11.2. The molecule has 0 aliphatic rings. The van der Waals surface area contributed by atoms with Crippen molar-refractivity contribution in [3.05, 3.63) is 48.0 Å². The van der Waals surface area contributed by atoms with Crippen LogP contribution in [-0.2, 0) is 9.53 Å². The van der Waals surface area contributed by atoms with Crippen molar-refractivity contribution in [2.75, 3.05) is 0 Å². The normalized spacial score (nSPS) is 12.9. The summed E-state index contributed by atoms with van der Waals surface area (Å²) in [6, 6.07) is 12.6. The van der Waals surface area contributed by atoms with Gasteiger partial charge in [-0.25, -0.2) is 4.79 Å². The van der Waals surface area contributed by atoms with Crippen molar-refractivity contribution in [2.45, 2.75) is 46.3 Å². The second kappa shape index (κ2) is 7.04. The van der Waals surface area contributed by atoms with Gasteiger partial charge in [0, 0.05) is 5.56 Å². The summed E-state index contributed by atoms with van der Waals surface area (Å²) in [5, 5.41) is 4.69. The predicted molar refractivity (Wildman–Crippen MR) is 95.9 cm³/mol. The first-order valence-electron chi connectivity index (χ1n) is 8.20. The van der Waals surface area contributed by atoms with Crippen LogP contribution in [0.1, 0.15) is 45.0 Å². The number of ether oxygens (including phenoxy) is 1. The number of carbonyl (C=O) groups is 2. The monoisotopic (exact) mass is 327 g/mol. The number of nitrogens with one attached hydrogen (secondary N) is 1. The van der Waals surface area contributed by atoms with Gasteiger partial charge in [0.1, 0.15) is 11.6 Å². The fourth-order valence-corrected chi connectivity index (χ4v) is 2.51. The van der Waals surface area contributed by atoms with E-state index in [-0.39, 0.29) is 11.8 Å². The van der Waals surface area contributed by atoms with Crippen molar-refractivity contribution in [1.82, 2.24) is 5.32 Å². The van der Waals surface area contributed by atoms with Crippen LogP contribution in [0.4, 0.5) is 0 Å². The molecular weight excluding hydrogens is 302 g/mol. The van der Waals surface area contributed by atoms with E-state index in [2.05, 4.69) is 5.32 Å². The van der Waals surface area contributed by atoms with Gasteiger partial charge in [0.15, 0.2) is 0 Å². The molecule has 1 amide bonds. The SMILES string of the molecule is CC(C)[C@@H](NC(=O)c1cccc2ccccc12)C(=O)OC(C)(C)C. The van der Waals surface area contributed by atoms with Crippen LogP contribution in [0, 0.1) is 5.92 Å². The third-order valence-corrected chi connectivity index (χ3v) is 3.65. The molecule has 4 nitrogen and oxygen atoms in total. The van der Waals surface area contributed by atoms with E-state index in [1.807, 2.05) is 71.0 Å².